The van der Waals surface area contributed by atoms with Gasteiger partial charge < -0.3 is 5.11 Å². The van der Waals surface area contributed by atoms with Crippen molar-refractivity contribution in [3.05, 3.63) is 29.8 Å². The van der Waals surface area contributed by atoms with E-state index in [9.17, 15) is 18.0 Å². The lowest BCUT2D eigenvalue weighted by atomic mass is 10.1. The van der Waals surface area contributed by atoms with Gasteiger partial charge in [-0.1, -0.05) is 19.1 Å². The topological polar surface area (TPSA) is 101 Å². The molecular weight excluding hydrogens is 270 g/mol. The average molecular weight is 285 g/mol. The highest BCUT2D eigenvalue weighted by atomic mass is 32.2. The van der Waals surface area contributed by atoms with Gasteiger partial charge in [0.05, 0.1) is 4.90 Å². The van der Waals surface area contributed by atoms with Crippen LogP contribution in [0.3, 0.4) is 0 Å². The number of rotatable bonds is 6. The third-order valence-electron chi connectivity index (χ3n) is 2.43. The van der Waals surface area contributed by atoms with Crippen LogP contribution in [-0.2, 0) is 26.0 Å². The van der Waals surface area contributed by atoms with Crippen molar-refractivity contribution in [1.29, 1.82) is 0 Å². The highest BCUT2D eigenvalue weighted by Gasteiger charge is 2.16. The molecular formula is C12H15NO5S. The van der Waals surface area contributed by atoms with Crippen molar-refractivity contribution in [3.8, 4) is 0 Å². The zero-order chi connectivity index (χ0) is 14.5. The van der Waals surface area contributed by atoms with E-state index in [0.29, 0.717) is 6.42 Å². The number of carboxylic acids is 1. The van der Waals surface area contributed by atoms with Crippen LogP contribution in [0, 0.1) is 0 Å². The predicted molar refractivity (Wildman–Crippen MR) is 68.0 cm³/mol. The lowest BCUT2D eigenvalue weighted by molar-refractivity contribution is -0.137. The molecule has 1 aromatic rings. The van der Waals surface area contributed by atoms with E-state index in [1.54, 1.807) is 6.92 Å². The Morgan fingerprint density at radius 2 is 1.79 bits per heavy atom. The van der Waals surface area contributed by atoms with Gasteiger partial charge in [-0.25, -0.2) is 13.1 Å². The molecule has 1 amide bonds. The van der Waals surface area contributed by atoms with Gasteiger partial charge in [-0.2, -0.15) is 0 Å². The summed E-state index contributed by atoms with van der Waals surface area (Å²) < 4.78 is 25.4. The first-order valence-electron chi connectivity index (χ1n) is 5.71. The summed E-state index contributed by atoms with van der Waals surface area (Å²) >= 11 is 0. The Morgan fingerprint density at radius 1 is 1.21 bits per heavy atom. The molecule has 0 aliphatic heterocycles. The second kappa shape index (κ2) is 6.33. The summed E-state index contributed by atoms with van der Waals surface area (Å²) in [5.74, 6) is -1.48. The standard InChI is InChI=1S/C12H15NO5S/c1-2-11(14)13-19(17,18)10-6-3-9(4-7-10)5-8-12(15)16/h3-4,6-7H,2,5,8H2,1H3,(H,13,14)(H,15,16). The van der Waals surface area contributed by atoms with Gasteiger partial charge in [0.1, 0.15) is 0 Å². The quantitative estimate of drug-likeness (QED) is 0.809. The Morgan fingerprint density at radius 3 is 2.26 bits per heavy atom. The molecule has 0 radical (unpaired) electrons. The summed E-state index contributed by atoms with van der Waals surface area (Å²) in [5.41, 5.74) is 0.725. The van der Waals surface area contributed by atoms with Crippen LogP contribution in [0.15, 0.2) is 29.2 Å². The third-order valence-corrected chi connectivity index (χ3v) is 3.82. The highest BCUT2D eigenvalue weighted by molar-refractivity contribution is 7.90. The Balaban J connectivity index is 2.80. The summed E-state index contributed by atoms with van der Waals surface area (Å²) in [6.07, 6.45) is 0.394. The number of carbonyl (C=O) groups excluding carboxylic acids is 1. The summed E-state index contributed by atoms with van der Waals surface area (Å²) in [4.78, 5) is 21.5. The van der Waals surface area contributed by atoms with Crippen molar-refractivity contribution in [2.45, 2.75) is 31.1 Å². The SMILES string of the molecule is CCC(=O)NS(=O)(=O)c1ccc(CCC(=O)O)cc1. The molecule has 0 aromatic heterocycles. The lowest BCUT2D eigenvalue weighted by Crippen LogP contribution is -2.29. The minimum Gasteiger partial charge on any atom is -0.481 e. The van der Waals surface area contributed by atoms with E-state index < -0.39 is 21.9 Å². The number of carbonyl (C=O) groups is 2. The molecule has 0 spiro atoms. The van der Waals surface area contributed by atoms with Gasteiger partial charge >= 0.3 is 5.97 Å². The lowest BCUT2D eigenvalue weighted by Gasteiger charge is -2.06. The molecule has 2 N–H and O–H groups in total. The molecule has 104 valence electrons. The molecule has 0 fully saturated rings. The van der Waals surface area contributed by atoms with Gasteiger partial charge in [0.2, 0.25) is 5.91 Å². The Kier molecular flexibility index (Phi) is 5.05. The molecule has 0 heterocycles. The fourth-order valence-electron chi connectivity index (χ4n) is 1.37. The number of hydrogen-bond acceptors (Lipinski definition) is 4. The average Bonchev–Trinajstić information content (AvgIpc) is 2.36. The number of hydrogen-bond donors (Lipinski definition) is 2. The van der Waals surface area contributed by atoms with Crippen molar-refractivity contribution >= 4 is 21.9 Å². The number of benzene rings is 1. The first-order valence-corrected chi connectivity index (χ1v) is 7.20. The number of amides is 1. The van der Waals surface area contributed by atoms with Crippen molar-refractivity contribution in [2.75, 3.05) is 0 Å². The molecule has 0 aliphatic carbocycles. The van der Waals surface area contributed by atoms with Crippen LogP contribution in [0.25, 0.3) is 0 Å². The van der Waals surface area contributed by atoms with E-state index in [-0.39, 0.29) is 17.7 Å². The van der Waals surface area contributed by atoms with Crippen LogP contribution in [0.5, 0.6) is 0 Å². The minimum absolute atomic E-state index is 0.0152. The van der Waals surface area contributed by atoms with Gasteiger partial charge in [-0.15, -0.1) is 0 Å². The molecule has 6 nitrogen and oxygen atoms in total. The number of aliphatic carboxylic acids is 1. The van der Waals surface area contributed by atoms with Crippen molar-refractivity contribution in [2.24, 2.45) is 0 Å². The second-order valence-corrected chi connectivity index (χ2v) is 5.60. The largest absolute Gasteiger partial charge is 0.481 e. The molecule has 1 rings (SSSR count). The zero-order valence-electron chi connectivity index (χ0n) is 10.4. The van der Waals surface area contributed by atoms with E-state index >= 15 is 0 Å². The van der Waals surface area contributed by atoms with Crippen LogP contribution in [-0.4, -0.2) is 25.4 Å². The number of sulfonamides is 1. The molecule has 0 unspecified atom stereocenters. The number of carboxylic acid groups (broad SMARTS) is 1. The molecule has 0 aliphatic rings. The summed E-state index contributed by atoms with van der Waals surface area (Å²) in [5, 5.41) is 8.54. The van der Waals surface area contributed by atoms with Gasteiger partial charge in [-0.05, 0) is 24.1 Å². The van der Waals surface area contributed by atoms with E-state index in [2.05, 4.69) is 0 Å². The summed E-state index contributed by atoms with van der Waals surface area (Å²) in [7, 11) is -3.84. The van der Waals surface area contributed by atoms with Crippen molar-refractivity contribution in [3.63, 3.8) is 0 Å². The first-order chi connectivity index (χ1) is 8.85. The van der Waals surface area contributed by atoms with Gasteiger partial charge in [-0.3, -0.25) is 9.59 Å². The predicted octanol–water partition coefficient (Wildman–Crippen LogP) is 0.919. The van der Waals surface area contributed by atoms with Crippen molar-refractivity contribution < 1.29 is 23.1 Å². The maximum atomic E-state index is 11.8. The van der Waals surface area contributed by atoms with Gasteiger partial charge in [0, 0.05) is 12.8 Å². The van der Waals surface area contributed by atoms with Crippen LogP contribution in [0.4, 0.5) is 0 Å². The molecule has 0 saturated heterocycles. The molecule has 0 atom stereocenters. The van der Waals surface area contributed by atoms with Crippen LogP contribution >= 0.6 is 0 Å². The van der Waals surface area contributed by atoms with Crippen LogP contribution < -0.4 is 4.72 Å². The molecule has 0 bridgehead atoms. The highest BCUT2D eigenvalue weighted by Crippen LogP contribution is 2.12. The Labute approximate surface area is 111 Å². The van der Waals surface area contributed by atoms with Crippen LogP contribution in [0.2, 0.25) is 0 Å². The minimum atomic E-state index is -3.84. The van der Waals surface area contributed by atoms with E-state index in [1.165, 1.54) is 24.3 Å². The second-order valence-electron chi connectivity index (χ2n) is 3.92. The summed E-state index contributed by atoms with van der Waals surface area (Å²) in [6, 6.07) is 5.77. The third kappa shape index (κ3) is 4.70. The Hall–Kier alpha value is -1.89. The van der Waals surface area contributed by atoms with E-state index in [1.807, 2.05) is 4.72 Å². The van der Waals surface area contributed by atoms with E-state index in [4.69, 9.17) is 5.11 Å². The number of aryl methyl sites for hydroxylation is 1. The molecule has 19 heavy (non-hydrogen) atoms. The fraction of sp³-hybridized carbons (Fsp3) is 0.333. The van der Waals surface area contributed by atoms with E-state index in [0.717, 1.165) is 5.56 Å². The van der Waals surface area contributed by atoms with Crippen molar-refractivity contribution in [1.82, 2.24) is 4.72 Å². The van der Waals surface area contributed by atoms with Gasteiger partial charge in [0.25, 0.3) is 10.0 Å². The molecule has 1 aromatic carbocycles. The smallest absolute Gasteiger partial charge is 0.303 e. The molecule has 7 heteroatoms. The zero-order valence-corrected chi connectivity index (χ0v) is 11.2. The first kappa shape index (κ1) is 15.2. The monoisotopic (exact) mass is 285 g/mol. The summed E-state index contributed by atoms with van der Waals surface area (Å²) in [6.45, 7) is 1.56. The maximum absolute atomic E-state index is 11.8. The Bertz CT molecular complexity index is 562. The van der Waals surface area contributed by atoms with Crippen LogP contribution in [0.1, 0.15) is 25.3 Å². The normalized spacial score (nSPS) is 11.0. The maximum Gasteiger partial charge on any atom is 0.303 e. The van der Waals surface area contributed by atoms with Gasteiger partial charge in [0.15, 0.2) is 0 Å². The fourth-order valence-corrected chi connectivity index (χ4v) is 2.42. The number of nitrogens with one attached hydrogen (secondary N) is 1. The molecule has 0 saturated carbocycles.